The van der Waals surface area contributed by atoms with E-state index in [2.05, 4.69) is 37.2 Å². The molecule has 0 radical (unpaired) electrons. The minimum Gasteiger partial charge on any atom is -0.345 e. The molecular formula is C12H13Br2NO2. The van der Waals surface area contributed by atoms with Gasteiger partial charge in [-0.3, -0.25) is 9.59 Å². The highest BCUT2D eigenvalue weighted by Crippen LogP contribution is 2.19. The number of Topliss-reactive ketones (excluding diaryl/α,β-unsaturated/α-hetero) is 1. The number of carbonyl (C=O) groups excluding carboxylic acids is 2. The summed E-state index contributed by atoms with van der Waals surface area (Å²) < 4.78 is 1.62. The molecule has 5 heteroatoms. The summed E-state index contributed by atoms with van der Waals surface area (Å²) in [6.45, 7) is 3.69. The van der Waals surface area contributed by atoms with E-state index >= 15 is 0 Å². The van der Waals surface area contributed by atoms with Gasteiger partial charge in [0.2, 0.25) is 0 Å². The summed E-state index contributed by atoms with van der Waals surface area (Å²) in [5.41, 5.74) is 0.516. The number of amides is 1. The number of nitrogens with one attached hydrogen (secondary N) is 1. The number of hydrogen-bond acceptors (Lipinski definition) is 2. The van der Waals surface area contributed by atoms with Crippen molar-refractivity contribution in [2.24, 2.45) is 5.92 Å². The molecule has 0 unspecified atom stereocenters. The first-order valence-corrected chi connectivity index (χ1v) is 6.75. The molecular weight excluding hydrogens is 350 g/mol. The topological polar surface area (TPSA) is 46.2 Å². The highest BCUT2D eigenvalue weighted by atomic mass is 79.9. The number of halogens is 2. The van der Waals surface area contributed by atoms with E-state index in [0.29, 0.717) is 5.56 Å². The lowest BCUT2D eigenvalue weighted by Crippen LogP contribution is -2.31. The monoisotopic (exact) mass is 361 g/mol. The molecule has 0 aliphatic carbocycles. The molecule has 1 aromatic carbocycles. The maximum absolute atomic E-state index is 11.8. The first kappa shape index (κ1) is 14.4. The van der Waals surface area contributed by atoms with Crippen LogP contribution < -0.4 is 5.32 Å². The standard InChI is InChI=1S/C12H13Br2NO2/c1-7(2)11(16)6-15-12(17)8-3-9(13)5-10(14)4-8/h3-5,7H,6H2,1-2H3,(H,15,17). The summed E-state index contributed by atoms with van der Waals surface area (Å²) in [6.07, 6.45) is 0. The van der Waals surface area contributed by atoms with Crippen LogP contribution in [0.2, 0.25) is 0 Å². The van der Waals surface area contributed by atoms with Crippen LogP contribution in [-0.2, 0) is 4.79 Å². The molecule has 0 spiro atoms. The van der Waals surface area contributed by atoms with Crippen LogP contribution in [0.1, 0.15) is 24.2 Å². The minimum absolute atomic E-state index is 0.0208. The van der Waals surface area contributed by atoms with Crippen LogP contribution in [0.3, 0.4) is 0 Å². The zero-order valence-electron chi connectivity index (χ0n) is 9.59. The van der Waals surface area contributed by atoms with Crippen molar-refractivity contribution < 1.29 is 9.59 Å². The molecule has 17 heavy (non-hydrogen) atoms. The number of benzene rings is 1. The molecule has 1 amide bonds. The Morgan fingerprint density at radius 3 is 2.18 bits per heavy atom. The van der Waals surface area contributed by atoms with Crippen molar-refractivity contribution in [3.05, 3.63) is 32.7 Å². The molecule has 1 N–H and O–H groups in total. The van der Waals surface area contributed by atoms with Crippen LogP contribution in [0.25, 0.3) is 0 Å². The molecule has 1 aromatic rings. The lowest BCUT2D eigenvalue weighted by molar-refractivity contribution is -0.120. The second-order valence-corrected chi connectivity index (χ2v) is 5.79. The van der Waals surface area contributed by atoms with Crippen molar-refractivity contribution in [1.82, 2.24) is 5.32 Å². The normalized spacial score (nSPS) is 10.4. The third-order valence-electron chi connectivity index (χ3n) is 2.19. The van der Waals surface area contributed by atoms with Gasteiger partial charge in [-0.25, -0.2) is 0 Å². The summed E-state index contributed by atoms with van der Waals surface area (Å²) in [6, 6.07) is 5.26. The molecule has 0 aliphatic heterocycles. The third-order valence-corrected chi connectivity index (χ3v) is 3.11. The van der Waals surface area contributed by atoms with Gasteiger partial charge in [-0.1, -0.05) is 45.7 Å². The van der Waals surface area contributed by atoms with Crippen LogP contribution in [-0.4, -0.2) is 18.2 Å². The van der Waals surface area contributed by atoms with Gasteiger partial charge in [-0.05, 0) is 18.2 Å². The number of rotatable bonds is 4. The Morgan fingerprint density at radius 1 is 1.18 bits per heavy atom. The molecule has 0 aromatic heterocycles. The van der Waals surface area contributed by atoms with Crippen LogP contribution in [0.5, 0.6) is 0 Å². The van der Waals surface area contributed by atoms with E-state index in [1.807, 2.05) is 19.9 Å². The fourth-order valence-corrected chi connectivity index (χ4v) is 2.45. The molecule has 0 aliphatic rings. The number of ketones is 1. The van der Waals surface area contributed by atoms with E-state index < -0.39 is 0 Å². The highest BCUT2D eigenvalue weighted by molar-refractivity contribution is 9.11. The van der Waals surface area contributed by atoms with Gasteiger partial charge in [0, 0.05) is 20.4 Å². The van der Waals surface area contributed by atoms with Crippen LogP contribution in [0, 0.1) is 5.92 Å². The van der Waals surface area contributed by atoms with Gasteiger partial charge in [0.1, 0.15) is 0 Å². The molecule has 0 bridgehead atoms. The van der Waals surface area contributed by atoms with Gasteiger partial charge >= 0.3 is 0 Å². The van der Waals surface area contributed by atoms with E-state index in [9.17, 15) is 9.59 Å². The lowest BCUT2D eigenvalue weighted by Gasteiger charge is -2.07. The molecule has 0 fully saturated rings. The Bertz CT molecular complexity index is 424. The maximum atomic E-state index is 11.8. The zero-order valence-corrected chi connectivity index (χ0v) is 12.8. The summed E-state index contributed by atoms with van der Waals surface area (Å²) >= 11 is 6.62. The third kappa shape index (κ3) is 4.60. The predicted molar refractivity (Wildman–Crippen MR) is 74.0 cm³/mol. The Labute approximate surface area is 117 Å². The van der Waals surface area contributed by atoms with E-state index in [1.165, 1.54) is 0 Å². The van der Waals surface area contributed by atoms with Crippen molar-refractivity contribution in [3.63, 3.8) is 0 Å². The molecule has 3 nitrogen and oxygen atoms in total. The van der Waals surface area contributed by atoms with Gasteiger partial charge in [0.15, 0.2) is 5.78 Å². The highest BCUT2D eigenvalue weighted by Gasteiger charge is 2.11. The Kier molecular flexibility index (Phi) is 5.33. The first-order valence-electron chi connectivity index (χ1n) is 5.17. The molecule has 0 saturated heterocycles. The largest absolute Gasteiger partial charge is 0.345 e. The van der Waals surface area contributed by atoms with Crippen molar-refractivity contribution >= 4 is 43.6 Å². The van der Waals surface area contributed by atoms with Crippen molar-refractivity contribution in [2.45, 2.75) is 13.8 Å². The minimum atomic E-state index is -0.249. The summed E-state index contributed by atoms with van der Waals surface area (Å²) in [5.74, 6) is -0.294. The van der Waals surface area contributed by atoms with Crippen molar-refractivity contribution in [2.75, 3.05) is 6.54 Å². The zero-order chi connectivity index (χ0) is 13.0. The van der Waals surface area contributed by atoms with Crippen molar-refractivity contribution in [1.29, 1.82) is 0 Å². The first-order chi connectivity index (χ1) is 7.90. The van der Waals surface area contributed by atoms with Gasteiger partial charge in [0.25, 0.3) is 5.91 Å². The van der Waals surface area contributed by atoms with E-state index in [4.69, 9.17) is 0 Å². The fraction of sp³-hybridized carbons (Fsp3) is 0.333. The lowest BCUT2D eigenvalue weighted by atomic mass is 10.1. The van der Waals surface area contributed by atoms with E-state index in [1.54, 1.807) is 12.1 Å². The molecule has 0 atom stereocenters. The summed E-state index contributed by atoms with van der Waals surface area (Å²) in [4.78, 5) is 23.2. The van der Waals surface area contributed by atoms with Gasteiger partial charge in [-0.2, -0.15) is 0 Å². The smallest absolute Gasteiger partial charge is 0.251 e. The second-order valence-electron chi connectivity index (χ2n) is 3.96. The Hall–Kier alpha value is -0.680. The van der Waals surface area contributed by atoms with E-state index in [-0.39, 0.29) is 24.2 Å². The Morgan fingerprint density at radius 2 is 1.71 bits per heavy atom. The number of carbonyl (C=O) groups is 2. The summed E-state index contributed by atoms with van der Waals surface area (Å²) in [7, 11) is 0. The van der Waals surface area contributed by atoms with Crippen LogP contribution >= 0.6 is 31.9 Å². The molecule has 92 valence electrons. The predicted octanol–water partition coefficient (Wildman–Crippen LogP) is 3.17. The second kappa shape index (κ2) is 6.31. The SMILES string of the molecule is CC(C)C(=O)CNC(=O)c1cc(Br)cc(Br)c1. The van der Waals surface area contributed by atoms with Gasteiger partial charge in [-0.15, -0.1) is 0 Å². The van der Waals surface area contributed by atoms with Crippen LogP contribution in [0.15, 0.2) is 27.1 Å². The molecule has 0 saturated carbocycles. The van der Waals surface area contributed by atoms with Crippen molar-refractivity contribution in [3.8, 4) is 0 Å². The Balaban J connectivity index is 2.67. The average molecular weight is 363 g/mol. The maximum Gasteiger partial charge on any atom is 0.251 e. The molecule has 0 heterocycles. The molecule has 1 rings (SSSR count). The average Bonchev–Trinajstić information content (AvgIpc) is 2.23. The number of hydrogen-bond donors (Lipinski definition) is 1. The van der Waals surface area contributed by atoms with Gasteiger partial charge in [0.05, 0.1) is 6.54 Å². The summed E-state index contributed by atoms with van der Waals surface area (Å²) in [5, 5.41) is 2.60. The quantitative estimate of drug-likeness (QED) is 0.894. The van der Waals surface area contributed by atoms with Crippen LogP contribution in [0.4, 0.5) is 0 Å². The van der Waals surface area contributed by atoms with Gasteiger partial charge < -0.3 is 5.32 Å². The fourth-order valence-electron chi connectivity index (χ4n) is 1.16. The van der Waals surface area contributed by atoms with E-state index in [0.717, 1.165) is 8.95 Å².